The number of rotatable bonds is 7. The van der Waals surface area contributed by atoms with Crippen LogP contribution in [0.2, 0.25) is 0 Å². The van der Waals surface area contributed by atoms with Gasteiger partial charge in [0.25, 0.3) is 5.91 Å². The van der Waals surface area contributed by atoms with Gasteiger partial charge in [-0.2, -0.15) is 0 Å². The number of benzene rings is 2. The van der Waals surface area contributed by atoms with Gasteiger partial charge in [0.2, 0.25) is 5.91 Å². The topological polar surface area (TPSA) is 65.8 Å². The third-order valence-electron chi connectivity index (χ3n) is 6.00. The van der Waals surface area contributed by atoms with E-state index < -0.39 is 0 Å². The van der Waals surface area contributed by atoms with Crippen molar-refractivity contribution in [2.24, 2.45) is 0 Å². The molecule has 0 spiro atoms. The van der Waals surface area contributed by atoms with Gasteiger partial charge in [-0.15, -0.1) is 11.8 Å². The quantitative estimate of drug-likeness (QED) is 0.530. The Morgan fingerprint density at radius 2 is 1.76 bits per heavy atom. The fourth-order valence-electron chi connectivity index (χ4n) is 3.96. The van der Waals surface area contributed by atoms with E-state index in [-0.39, 0.29) is 17.6 Å². The minimum atomic E-state index is -0.0965. The second kappa shape index (κ2) is 10.6. The Morgan fingerprint density at radius 3 is 2.52 bits per heavy atom. The zero-order valence-corrected chi connectivity index (χ0v) is 19.9. The summed E-state index contributed by atoms with van der Waals surface area (Å²) in [5.41, 5.74) is 4.48. The lowest BCUT2D eigenvalue weighted by Gasteiger charge is -2.37. The Morgan fingerprint density at radius 1 is 0.970 bits per heavy atom. The first-order chi connectivity index (χ1) is 16.0. The normalized spacial score (nSPS) is 13.8. The van der Waals surface area contributed by atoms with Crippen molar-refractivity contribution >= 4 is 29.3 Å². The van der Waals surface area contributed by atoms with Crippen molar-refractivity contribution in [2.45, 2.75) is 25.3 Å². The van der Waals surface area contributed by atoms with Crippen LogP contribution in [0.1, 0.15) is 27.2 Å². The van der Waals surface area contributed by atoms with E-state index in [9.17, 15) is 9.59 Å². The molecule has 0 aliphatic carbocycles. The molecule has 0 radical (unpaired) electrons. The Hall–Kier alpha value is -3.19. The number of carbonyl (C=O) groups excluding carboxylic acids is 2. The molecular weight excluding hydrogens is 434 g/mol. The van der Waals surface area contributed by atoms with E-state index in [0.29, 0.717) is 31.0 Å². The van der Waals surface area contributed by atoms with Crippen LogP contribution in [0.25, 0.3) is 0 Å². The van der Waals surface area contributed by atoms with E-state index in [1.165, 1.54) is 28.6 Å². The molecule has 0 saturated carbocycles. The van der Waals surface area contributed by atoms with Crippen LogP contribution in [0, 0.1) is 13.8 Å². The molecule has 172 valence electrons. The molecule has 1 aliphatic rings. The summed E-state index contributed by atoms with van der Waals surface area (Å²) in [7, 11) is 0. The molecule has 0 atom stereocenters. The summed E-state index contributed by atoms with van der Waals surface area (Å²) in [6.45, 7) is 7.60. The van der Waals surface area contributed by atoms with Crippen LogP contribution < -0.4 is 10.2 Å². The fraction of sp³-hybridized carbons (Fsp3) is 0.308. The average Bonchev–Trinajstić information content (AvgIpc) is 3.37. The van der Waals surface area contributed by atoms with Crippen molar-refractivity contribution in [3.05, 3.63) is 83.3 Å². The lowest BCUT2D eigenvalue weighted by Crippen LogP contribution is -2.49. The number of amides is 2. The van der Waals surface area contributed by atoms with Crippen molar-refractivity contribution in [3.63, 3.8) is 0 Å². The lowest BCUT2D eigenvalue weighted by atomic mass is 10.1. The molecule has 1 aliphatic heterocycles. The smallest absolute Gasteiger partial charge is 0.255 e. The number of nitrogens with zero attached hydrogens (tertiary/aromatic N) is 2. The van der Waals surface area contributed by atoms with Gasteiger partial charge < -0.3 is 19.5 Å². The average molecular weight is 464 g/mol. The molecule has 1 fully saturated rings. The minimum absolute atomic E-state index is 0.0229. The van der Waals surface area contributed by atoms with E-state index in [0.717, 1.165) is 18.0 Å². The van der Waals surface area contributed by atoms with Crippen LogP contribution in [0.15, 0.2) is 70.2 Å². The summed E-state index contributed by atoms with van der Waals surface area (Å²) in [6.07, 6.45) is 1.58. The molecule has 1 N–H and O–H groups in total. The summed E-state index contributed by atoms with van der Waals surface area (Å²) < 4.78 is 5.24. The molecule has 3 aromatic rings. The maximum Gasteiger partial charge on any atom is 0.255 e. The fourth-order valence-corrected chi connectivity index (χ4v) is 4.84. The maximum absolute atomic E-state index is 13.3. The molecule has 6 nitrogen and oxygen atoms in total. The number of piperazine rings is 1. The standard InChI is InChI=1S/C26H29N3O3S/c1-19-7-5-10-23(20(19)2)28-12-14-29(15-13-28)26(31)22-9-3-4-11-24(22)33-18-25(30)27-17-21-8-6-16-32-21/h3-11,16H,12-15,17-18H2,1-2H3,(H,27,30). The number of hydrogen-bond donors (Lipinski definition) is 1. The van der Waals surface area contributed by atoms with E-state index in [4.69, 9.17) is 4.42 Å². The van der Waals surface area contributed by atoms with Crippen LogP contribution in [-0.4, -0.2) is 48.6 Å². The highest BCUT2D eigenvalue weighted by molar-refractivity contribution is 8.00. The van der Waals surface area contributed by atoms with E-state index in [2.05, 4.69) is 42.3 Å². The number of furan rings is 1. The van der Waals surface area contributed by atoms with Gasteiger partial charge in [-0.05, 0) is 55.3 Å². The predicted octanol–water partition coefficient (Wildman–Crippen LogP) is 4.27. The minimum Gasteiger partial charge on any atom is -0.467 e. The molecule has 0 unspecified atom stereocenters. The second-order valence-electron chi connectivity index (χ2n) is 8.14. The van der Waals surface area contributed by atoms with Gasteiger partial charge in [0, 0.05) is 36.8 Å². The first-order valence-electron chi connectivity index (χ1n) is 11.1. The molecular formula is C26H29N3O3S. The van der Waals surface area contributed by atoms with Gasteiger partial charge in [0.15, 0.2) is 0 Å². The molecule has 4 rings (SSSR count). The van der Waals surface area contributed by atoms with E-state index >= 15 is 0 Å². The molecule has 2 heterocycles. The van der Waals surface area contributed by atoms with E-state index in [1.807, 2.05) is 35.2 Å². The van der Waals surface area contributed by atoms with Crippen LogP contribution in [0.5, 0.6) is 0 Å². The van der Waals surface area contributed by atoms with Crippen LogP contribution in [0.3, 0.4) is 0 Å². The molecule has 1 aromatic heterocycles. The van der Waals surface area contributed by atoms with Crippen LogP contribution >= 0.6 is 11.8 Å². The summed E-state index contributed by atoms with van der Waals surface area (Å²) >= 11 is 1.39. The molecule has 2 aromatic carbocycles. The van der Waals surface area contributed by atoms with E-state index in [1.54, 1.807) is 12.3 Å². The number of aryl methyl sites for hydroxylation is 1. The van der Waals surface area contributed by atoms with Gasteiger partial charge in [-0.25, -0.2) is 0 Å². The highest BCUT2D eigenvalue weighted by Crippen LogP contribution is 2.26. The molecule has 0 bridgehead atoms. The summed E-state index contributed by atoms with van der Waals surface area (Å²) in [5, 5.41) is 2.84. The van der Waals surface area contributed by atoms with Gasteiger partial charge in [-0.3, -0.25) is 9.59 Å². The Labute approximate surface area is 198 Å². The molecule has 1 saturated heterocycles. The monoisotopic (exact) mass is 463 g/mol. The van der Waals surface area contributed by atoms with Crippen molar-refractivity contribution in [1.29, 1.82) is 0 Å². The van der Waals surface area contributed by atoms with Gasteiger partial charge >= 0.3 is 0 Å². The highest BCUT2D eigenvalue weighted by Gasteiger charge is 2.25. The Bertz CT molecular complexity index is 1110. The van der Waals surface area contributed by atoms with Gasteiger partial charge in [0.1, 0.15) is 5.76 Å². The SMILES string of the molecule is Cc1cccc(N2CCN(C(=O)c3ccccc3SCC(=O)NCc3ccco3)CC2)c1C. The first kappa shape index (κ1) is 23.0. The molecule has 33 heavy (non-hydrogen) atoms. The third-order valence-corrected chi connectivity index (χ3v) is 7.07. The summed E-state index contributed by atoms with van der Waals surface area (Å²) in [6, 6.07) is 17.5. The second-order valence-corrected chi connectivity index (χ2v) is 9.16. The maximum atomic E-state index is 13.3. The number of carbonyl (C=O) groups is 2. The van der Waals surface area contributed by atoms with Crippen molar-refractivity contribution in [2.75, 3.05) is 36.8 Å². The predicted molar refractivity (Wildman–Crippen MR) is 132 cm³/mol. The Kier molecular flexibility index (Phi) is 7.40. The molecule has 2 amide bonds. The first-order valence-corrected chi connectivity index (χ1v) is 12.1. The number of thioether (sulfide) groups is 1. The zero-order chi connectivity index (χ0) is 23.2. The summed E-state index contributed by atoms with van der Waals surface area (Å²) in [4.78, 5) is 30.6. The van der Waals surface area contributed by atoms with Crippen molar-refractivity contribution in [1.82, 2.24) is 10.2 Å². The largest absolute Gasteiger partial charge is 0.467 e. The van der Waals surface area contributed by atoms with Crippen molar-refractivity contribution < 1.29 is 14.0 Å². The number of nitrogens with one attached hydrogen (secondary N) is 1. The third kappa shape index (κ3) is 5.60. The summed E-state index contributed by atoms with van der Waals surface area (Å²) in [5.74, 6) is 0.880. The van der Waals surface area contributed by atoms with Gasteiger partial charge in [-0.1, -0.05) is 24.3 Å². The molecule has 7 heteroatoms. The van der Waals surface area contributed by atoms with Crippen LogP contribution in [-0.2, 0) is 11.3 Å². The highest BCUT2D eigenvalue weighted by atomic mass is 32.2. The number of anilines is 1. The van der Waals surface area contributed by atoms with Crippen LogP contribution in [0.4, 0.5) is 5.69 Å². The lowest BCUT2D eigenvalue weighted by molar-refractivity contribution is -0.118. The van der Waals surface area contributed by atoms with Crippen molar-refractivity contribution in [3.8, 4) is 0 Å². The zero-order valence-electron chi connectivity index (χ0n) is 19.0. The number of hydrogen-bond acceptors (Lipinski definition) is 5. The van der Waals surface area contributed by atoms with Gasteiger partial charge in [0.05, 0.1) is 24.1 Å². The Balaban J connectivity index is 1.34.